The zero-order valence-electron chi connectivity index (χ0n) is 17.6. The molecule has 0 bridgehead atoms. The van der Waals surface area contributed by atoms with Crippen molar-refractivity contribution in [3.63, 3.8) is 0 Å². The first-order valence-electron chi connectivity index (χ1n) is 10.7. The standard InChI is InChI=1S/C25H28O4S/c1-25(2)14-15-30-22-13-12-20(16-21(22)25)29-24(27)18-10-8-17(9-11-18)23(26)28-19-6-4-3-5-7-19/h8-13,16,19H,3-7,14-15H2,1-2H3. The Hall–Kier alpha value is -2.27. The number of benzene rings is 2. The van der Waals surface area contributed by atoms with Gasteiger partial charge in [-0.15, -0.1) is 11.8 Å². The van der Waals surface area contributed by atoms with Crippen LogP contribution in [0.1, 0.15) is 78.7 Å². The number of hydrogen-bond donors (Lipinski definition) is 0. The van der Waals surface area contributed by atoms with Gasteiger partial charge in [-0.2, -0.15) is 0 Å². The summed E-state index contributed by atoms with van der Waals surface area (Å²) >= 11 is 1.85. The molecule has 2 aliphatic rings. The Morgan fingerprint density at radius 1 is 0.933 bits per heavy atom. The second-order valence-electron chi connectivity index (χ2n) is 8.77. The van der Waals surface area contributed by atoms with Crippen LogP contribution in [-0.2, 0) is 10.2 Å². The first-order valence-corrected chi connectivity index (χ1v) is 11.7. The third-order valence-electron chi connectivity index (χ3n) is 6.06. The van der Waals surface area contributed by atoms with Crippen LogP contribution < -0.4 is 4.74 Å². The minimum Gasteiger partial charge on any atom is -0.459 e. The number of rotatable bonds is 4. The van der Waals surface area contributed by atoms with E-state index >= 15 is 0 Å². The molecule has 1 saturated carbocycles. The van der Waals surface area contributed by atoms with Gasteiger partial charge in [0.1, 0.15) is 11.9 Å². The minimum atomic E-state index is -0.427. The van der Waals surface area contributed by atoms with Crippen LogP contribution in [0, 0.1) is 0 Å². The highest BCUT2D eigenvalue weighted by molar-refractivity contribution is 7.99. The van der Waals surface area contributed by atoms with Gasteiger partial charge in [-0.05, 0) is 91.3 Å². The monoisotopic (exact) mass is 424 g/mol. The van der Waals surface area contributed by atoms with Gasteiger partial charge in [0.05, 0.1) is 11.1 Å². The number of carbonyl (C=O) groups excluding carboxylic acids is 2. The van der Waals surface area contributed by atoms with Crippen molar-refractivity contribution < 1.29 is 19.1 Å². The zero-order chi connectivity index (χ0) is 21.1. The lowest BCUT2D eigenvalue weighted by Gasteiger charge is -2.32. The van der Waals surface area contributed by atoms with Gasteiger partial charge in [-0.1, -0.05) is 20.3 Å². The fraction of sp³-hybridized carbons (Fsp3) is 0.440. The van der Waals surface area contributed by atoms with Crippen molar-refractivity contribution in [1.82, 2.24) is 0 Å². The largest absolute Gasteiger partial charge is 0.459 e. The quantitative estimate of drug-likeness (QED) is 0.434. The molecule has 0 unspecified atom stereocenters. The number of carbonyl (C=O) groups is 2. The summed E-state index contributed by atoms with van der Waals surface area (Å²) in [5, 5.41) is 0. The number of hydrogen-bond acceptors (Lipinski definition) is 5. The molecule has 0 saturated heterocycles. The minimum absolute atomic E-state index is 0.0160. The summed E-state index contributed by atoms with van der Waals surface area (Å²) in [6.45, 7) is 4.45. The maximum atomic E-state index is 12.6. The Morgan fingerprint density at radius 2 is 1.60 bits per heavy atom. The van der Waals surface area contributed by atoms with Crippen molar-refractivity contribution >= 4 is 23.7 Å². The van der Waals surface area contributed by atoms with Crippen LogP contribution in [0.25, 0.3) is 0 Å². The summed E-state index contributed by atoms with van der Waals surface area (Å²) in [6, 6.07) is 12.4. The van der Waals surface area contributed by atoms with E-state index in [1.54, 1.807) is 24.3 Å². The summed E-state index contributed by atoms with van der Waals surface area (Å²) in [7, 11) is 0. The van der Waals surface area contributed by atoms with Crippen molar-refractivity contribution in [3.8, 4) is 5.75 Å². The molecule has 5 heteroatoms. The van der Waals surface area contributed by atoms with Gasteiger partial charge in [0, 0.05) is 4.90 Å². The van der Waals surface area contributed by atoms with Gasteiger partial charge in [0.15, 0.2) is 0 Å². The molecule has 1 fully saturated rings. The maximum Gasteiger partial charge on any atom is 0.343 e. The third-order valence-corrected chi connectivity index (χ3v) is 7.13. The van der Waals surface area contributed by atoms with E-state index in [4.69, 9.17) is 9.47 Å². The third kappa shape index (κ3) is 4.72. The first kappa shape index (κ1) is 21.0. The van der Waals surface area contributed by atoms with Gasteiger partial charge in [0.25, 0.3) is 0 Å². The molecule has 0 aromatic heterocycles. The predicted octanol–water partition coefficient (Wildman–Crippen LogP) is 6.17. The summed E-state index contributed by atoms with van der Waals surface area (Å²) in [6.07, 6.45) is 6.43. The van der Waals surface area contributed by atoms with Crippen LogP contribution in [0.3, 0.4) is 0 Å². The van der Waals surface area contributed by atoms with E-state index in [0.29, 0.717) is 16.9 Å². The Labute approximate surface area is 182 Å². The van der Waals surface area contributed by atoms with Gasteiger partial charge < -0.3 is 9.47 Å². The average molecular weight is 425 g/mol. The fourth-order valence-electron chi connectivity index (χ4n) is 4.09. The molecule has 4 rings (SSSR count). The smallest absolute Gasteiger partial charge is 0.343 e. The van der Waals surface area contributed by atoms with Crippen LogP contribution in [-0.4, -0.2) is 23.8 Å². The average Bonchev–Trinajstić information content (AvgIpc) is 2.75. The highest BCUT2D eigenvalue weighted by atomic mass is 32.2. The Balaban J connectivity index is 1.41. The molecular formula is C25H28O4S. The molecule has 0 atom stereocenters. The molecule has 4 nitrogen and oxygen atoms in total. The molecule has 0 spiro atoms. The van der Waals surface area contributed by atoms with Crippen molar-refractivity contribution in [2.75, 3.05) is 5.75 Å². The molecule has 1 aliphatic heterocycles. The lowest BCUT2D eigenvalue weighted by atomic mass is 9.82. The molecule has 158 valence electrons. The van der Waals surface area contributed by atoms with Gasteiger partial charge in [0.2, 0.25) is 0 Å². The molecule has 0 radical (unpaired) electrons. The highest BCUT2D eigenvalue weighted by Gasteiger charge is 2.28. The van der Waals surface area contributed by atoms with Gasteiger partial charge in [-0.3, -0.25) is 0 Å². The topological polar surface area (TPSA) is 52.6 Å². The predicted molar refractivity (Wildman–Crippen MR) is 118 cm³/mol. The van der Waals surface area contributed by atoms with E-state index in [0.717, 1.165) is 37.9 Å². The van der Waals surface area contributed by atoms with E-state index in [1.807, 2.05) is 30.0 Å². The first-order chi connectivity index (χ1) is 14.4. The van der Waals surface area contributed by atoms with E-state index in [1.165, 1.54) is 16.9 Å². The highest BCUT2D eigenvalue weighted by Crippen LogP contribution is 2.42. The van der Waals surface area contributed by atoms with Crippen LogP contribution in [0.2, 0.25) is 0 Å². The zero-order valence-corrected chi connectivity index (χ0v) is 18.4. The molecule has 0 amide bonds. The number of esters is 2. The second-order valence-corrected chi connectivity index (χ2v) is 9.91. The molecule has 1 aliphatic carbocycles. The van der Waals surface area contributed by atoms with Crippen molar-refractivity contribution in [1.29, 1.82) is 0 Å². The van der Waals surface area contributed by atoms with E-state index in [2.05, 4.69) is 13.8 Å². The summed E-state index contributed by atoms with van der Waals surface area (Å²) in [5.41, 5.74) is 2.17. The van der Waals surface area contributed by atoms with Crippen LogP contribution in [0.4, 0.5) is 0 Å². The number of fused-ring (bicyclic) bond motifs is 1. The number of thioether (sulfide) groups is 1. The van der Waals surface area contributed by atoms with E-state index in [-0.39, 0.29) is 17.5 Å². The van der Waals surface area contributed by atoms with Gasteiger partial charge in [-0.25, -0.2) is 9.59 Å². The van der Waals surface area contributed by atoms with Crippen molar-refractivity contribution in [2.45, 2.75) is 68.8 Å². The Kier molecular flexibility index (Phi) is 6.19. The van der Waals surface area contributed by atoms with Crippen LogP contribution in [0.5, 0.6) is 5.75 Å². The molecule has 30 heavy (non-hydrogen) atoms. The lowest BCUT2D eigenvalue weighted by Crippen LogP contribution is -2.22. The van der Waals surface area contributed by atoms with Gasteiger partial charge >= 0.3 is 11.9 Å². The molecule has 2 aromatic rings. The second kappa shape index (κ2) is 8.84. The van der Waals surface area contributed by atoms with Crippen LogP contribution in [0.15, 0.2) is 47.4 Å². The summed E-state index contributed by atoms with van der Waals surface area (Å²) in [4.78, 5) is 26.2. The molecule has 1 heterocycles. The Morgan fingerprint density at radius 3 is 2.30 bits per heavy atom. The molecule has 2 aromatic carbocycles. The lowest BCUT2D eigenvalue weighted by molar-refractivity contribution is 0.0211. The van der Waals surface area contributed by atoms with Crippen molar-refractivity contribution in [3.05, 3.63) is 59.2 Å². The summed E-state index contributed by atoms with van der Waals surface area (Å²) < 4.78 is 11.2. The maximum absolute atomic E-state index is 12.6. The van der Waals surface area contributed by atoms with E-state index < -0.39 is 5.97 Å². The fourth-order valence-corrected chi connectivity index (χ4v) is 5.58. The Bertz CT molecular complexity index is 927. The van der Waals surface area contributed by atoms with Crippen LogP contribution >= 0.6 is 11.8 Å². The number of ether oxygens (including phenoxy) is 2. The van der Waals surface area contributed by atoms with E-state index in [9.17, 15) is 9.59 Å². The molecular weight excluding hydrogens is 396 g/mol. The summed E-state index contributed by atoms with van der Waals surface area (Å²) in [5.74, 6) is 0.907. The van der Waals surface area contributed by atoms with Crippen molar-refractivity contribution in [2.24, 2.45) is 0 Å². The molecule has 0 N–H and O–H groups in total. The SMILES string of the molecule is CC1(C)CCSc2ccc(OC(=O)c3ccc(C(=O)OC4CCCCC4)cc3)cc21. The normalized spacial score (nSPS) is 18.3.